The Bertz CT molecular complexity index is 414. The molecule has 1 heterocycles. The van der Waals surface area contributed by atoms with Gasteiger partial charge in [0.15, 0.2) is 0 Å². The Balaban J connectivity index is 0. The number of H-pyrrole nitrogens is 1. The number of aromatic nitrogens is 2. The molecule has 86 valence electrons. The van der Waals surface area contributed by atoms with Gasteiger partial charge in [0.2, 0.25) is 5.95 Å². The predicted molar refractivity (Wildman–Crippen MR) is 72.1 cm³/mol. The van der Waals surface area contributed by atoms with E-state index >= 15 is 0 Å². The van der Waals surface area contributed by atoms with Crippen molar-refractivity contribution in [3.63, 3.8) is 0 Å². The van der Waals surface area contributed by atoms with E-state index in [0.29, 0.717) is 0 Å². The summed E-state index contributed by atoms with van der Waals surface area (Å²) >= 11 is 0. The smallest absolute Gasteiger partial charge is 0.200 e. The summed E-state index contributed by atoms with van der Waals surface area (Å²) in [5.74, 6) is 0.815. The SMILES string of the molecule is CNc1nc2ccc(C)cc2[nH]1.Cl.Cl.Cl. The van der Waals surface area contributed by atoms with Crippen molar-refractivity contribution in [1.29, 1.82) is 0 Å². The van der Waals surface area contributed by atoms with Crippen LogP contribution in [0.2, 0.25) is 0 Å². The lowest BCUT2D eigenvalue weighted by molar-refractivity contribution is 1.28. The Labute approximate surface area is 107 Å². The fourth-order valence-corrected chi connectivity index (χ4v) is 1.24. The molecule has 0 amide bonds. The van der Waals surface area contributed by atoms with Gasteiger partial charge in [-0.25, -0.2) is 4.98 Å². The number of aromatic amines is 1. The van der Waals surface area contributed by atoms with E-state index in [2.05, 4.69) is 34.3 Å². The van der Waals surface area contributed by atoms with Crippen LogP contribution in [0.4, 0.5) is 5.95 Å². The van der Waals surface area contributed by atoms with Gasteiger partial charge in [-0.05, 0) is 24.6 Å². The molecule has 0 aliphatic carbocycles. The van der Waals surface area contributed by atoms with E-state index in [1.165, 1.54) is 5.56 Å². The Morgan fingerprint density at radius 1 is 1.20 bits per heavy atom. The average Bonchev–Trinajstić information content (AvgIpc) is 2.46. The minimum atomic E-state index is 0. The number of imidazole rings is 1. The monoisotopic (exact) mass is 269 g/mol. The first kappa shape index (κ1) is 16.8. The predicted octanol–water partition coefficient (Wildman–Crippen LogP) is 3.18. The summed E-state index contributed by atoms with van der Waals surface area (Å²) in [7, 11) is 1.85. The van der Waals surface area contributed by atoms with E-state index in [9.17, 15) is 0 Å². The molecule has 0 saturated carbocycles. The molecule has 3 nitrogen and oxygen atoms in total. The molecule has 0 saturated heterocycles. The van der Waals surface area contributed by atoms with Crippen molar-refractivity contribution in [3.05, 3.63) is 23.8 Å². The molecule has 0 unspecified atom stereocenters. The maximum absolute atomic E-state index is 4.31. The minimum Gasteiger partial charge on any atom is -0.359 e. The van der Waals surface area contributed by atoms with E-state index in [-0.39, 0.29) is 37.2 Å². The second-order valence-corrected chi connectivity index (χ2v) is 2.86. The molecule has 15 heavy (non-hydrogen) atoms. The van der Waals surface area contributed by atoms with E-state index in [1.54, 1.807) is 0 Å². The minimum absolute atomic E-state index is 0. The van der Waals surface area contributed by atoms with Gasteiger partial charge in [0, 0.05) is 7.05 Å². The van der Waals surface area contributed by atoms with Gasteiger partial charge in [-0.15, -0.1) is 37.2 Å². The Morgan fingerprint density at radius 3 is 2.47 bits per heavy atom. The van der Waals surface area contributed by atoms with Gasteiger partial charge >= 0.3 is 0 Å². The highest BCUT2D eigenvalue weighted by atomic mass is 35.5. The molecule has 0 spiro atoms. The maximum atomic E-state index is 4.31. The molecule has 0 bridgehead atoms. The van der Waals surface area contributed by atoms with Gasteiger partial charge in [-0.3, -0.25) is 0 Å². The van der Waals surface area contributed by atoms with Gasteiger partial charge in [0.05, 0.1) is 11.0 Å². The maximum Gasteiger partial charge on any atom is 0.200 e. The number of nitrogens with zero attached hydrogens (tertiary/aromatic N) is 1. The van der Waals surface area contributed by atoms with Crippen LogP contribution < -0.4 is 5.32 Å². The summed E-state index contributed by atoms with van der Waals surface area (Å²) in [5.41, 5.74) is 3.33. The zero-order valence-corrected chi connectivity index (χ0v) is 10.9. The van der Waals surface area contributed by atoms with Crippen LogP contribution in [0, 0.1) is 6.92 Å². The molecule has 0 aliphatic heterocycles. The fourth-order valence-electron chi connectivity index (χ4n) is 1.24. The zero-order valence-electron chi connectivity index (χ0n) is 8.40. The van der Waals surface area contributed by atoms with Crippen LogP contribution in [0.25, 0.3) is 11.0 Å². The average molecular weight is 271 g/mol. The quantitative estimate of drug-likeness (QED) is 0.835. The Morgan fingerprint density at radius 2 is 1.87 bits per heavy atom. The Hall–Kier alpha value is -0.640. The molecule has 0 aliphatic rings. The van der Waals surface area contributed by atoms with Gasteiger partial charge in [0.25, 0.3) is 0 Å². The van der Waals surface area contributed by atoms with Crippen molar-refractivity contribution in [1.82, 2.24) is 9.97 Å². The molecule has 0 radical (unpaired) electrons. The molecule has 1 aromatic heterocycles. The topological polar surface area (TPSA) is 40.7 Å². The van der Waals surface area contributed by atoms with Crippen LogP contribution in [0.3, 0.4) is 0 Å². The van der Waals surface area contributed by atoms with Crippen molar-refractivity contribution in [2.24, 2.45) is 0 Å². The second kappa shape index (κ2) is 6.77. The number of aryl methyl sites for hydroxylation is 1. The molecular weight excluding hydrogens is 256 g/mol. The summed E-state index contributed by atoms with van der Waals surface area (Å²) in [6.45, 7) is 2.07. The van der Waals surface area contributed by atoms with Crippen LogP contribution in [-0.2, 0) is 0 Å². The zero-order chi connectivity index (χ0) is 8.55. The molecule has 2 aromatic rings. The number of hydrogen-bond acceptors (Lipinski definition) is 2. The first-order chi connectivity index (χ1) is 5.79. The lowest BCUT2D eigenvalue weighted by Crippen LogP contribution is -1.88. The van der Waals surface area contributed by atoms with Crippen LogP contribution in [0.5, 0.6) is 0 Å². The van der Waals surface area contributed by atoms with Crippen molar-refractivity contribution < 1.29 is 0 Å². The molecule has 1 aromatic carbocycles. The number of hydrogen-bond donors (Lipinski definition) is 2. The highest BCUT2D eigenvalue weighted by Crippen LogP contribution is 2.14. The molecule has 2 N–H and O–H groups in total. The second-order valence-electron chi connectivity index (χ2n) is 2.86. The van der Waals surface area contributed by atoms with Gasteiger partial charge < -0.3 is 10.3 Å². The largest absolute Gasteiger partial charge is 0.359 e. The third-order valence-electron chi connectivity index (χ3n) is 1.87. The Kier molecular flexibility index (Phi) is 7.58. The van der Waals surface area contributed by atoms with Crippen LogP contribution in [0.1, 0.15) is 5.56 Å². The normalized spacial score (nSPS) is 8.40. The molecule has 0 fully saturated rings. The van der Waals surface area contributed by atoms with Crippen LogP contribution in [0.15, 0.2) is 18.2 Å². The van der Waals surface area contributed by atoms with Crippen molar-refractivity contribution in [2.45, 2.75) is 6.92 Å². The number of fused-ring (bicyclic) bond motifs is 1. The summed E-state index contributed by atoms with van der Waals surface area (Å²) in [5, 5.41) is 2.97. The first-order valence-electron chi connectivity index (χ1n) is 3.94. The van der Waals surface area contributed by atoms with Crippen LogP contribution in [-0.4, -0.2) is 17.0 Å². The third kappa shape index (κ3) is 3.45. The summed E-state index contributed by atoms with van der Waals surface area (Å²) in [6, 6.07) is 6.16. The van der Waals surface area contributed by atoms with Gasteiger partial charge in [0.1, 0.15) is 0 Å². The third-order valence-corrected chi connectivity index (χ3v) is 1.87. The highest BCUT2D eigenvalue weighted by Gasteiger charge is 1.99. The molecule has 6 heteroatoms. The van der Waals surface area contributed by atoms with Crippen molar-refractivity contribution in [3.8, 4) is 0 Å². The lowest BCUT2D eigenvalue weighted by Gasteiger charge is -1.89. The number of halogens is 3. The summed E-state index contributed by atoms with van der Waals surface area (Å²) in [4.78, 5) is 7.47. The van der Waals surface area contributed by atoms with E-state index in [0.717, 1.165) is 17.0 Å². The van der Waals surface area contributed by atoms with Gasteiger partial charge in [-0.2, -0.15) is 0 Å². The van der Waals surface area contributed by atoms with Crippen LogP contribution >= 0.6 is 37.2 Å². The number of rotatable bonds is 1. The van der Waals surface area contributed by atoms with E-state index in [4.69, 9.17) is 0 Å². The number of nitrogens with one attached hydrogen (secondary N) is 2. The summed E-state index contributed by atoms with van der Waals surface area (Å²) in [6.07, 6.45) is 0. The first-order valence-corrected chi connectivity index (χ1v) is 3.94. The molecular formula is C9H14Cl3N3. The summed E-state index contributed by atoms with van der Waals surface area (Å²) < 4.78 is 0. The van der Waals surface area contributed by atoms with Gasteiger partial charge in [-0.1, -0.05) is 6.07 Å². The lowest BCUT2D eigenvalue weighted by atomic mass is 10.2. The van der Waals surface area contributed by atoms with E-state index < -0.39 is 0 Å². The number of anilines is 1. The number of benzene rings is 1. The fraction of sp³-hybridized carbons (Fsp3) is 0.222. The van der Waals surface area contributed by atoms with Crippen molar-refractivity contribution >= 4 is 54.2 Å². The standard InChI is InChI=1S/C9H11N3.3ClH/c1-6-3-4-7-8(5-6)12-9(10-2)11-7;;;/h3-5H,1-2H3,(H2,10,11,12);3*1H. The van der Waals surface area contributed by atoms with Crippen molar-refractivity contribution in [2.75, 3.05) is 12.4 Å². The van der Waals surface area contributed by atoms with E-state index in [1.807, 2.05) is 13.1 Å². The molecule has 0 atom stereocenters. The highest BCUT2D eigenvalue weighted by molar-refractivity contribution is 5.86. The molecule has 2 rings (SSSR count).